The van der Waals surface area contributed by atoms with Crippen LogP contribution < -0.4 is 4.74 Å². The number of aliphatic hydroxyl groups excluding tert-OH is 1. The number of aromatic nitrogens is 2. The first-order valence-corrected chi connectivity index (χ1v) is 11.9. The van der Waals surface area contributed by atoms with Crippen molar-refractivity contribution < 1.29 is 23.4 Å². The fourth-order valence-corrected chi connectivity index (χ4v) is 3.69. The minimum Gasteiger partial charge on any atom is -0.435 e. The van der Waals surface area contributed by atoms with Crippen LogP contribution in [0, 0.1) is 18.6 Å². The highest BCUT2D eigenvalue weighted by atomic mass is 19.1. The fraction of sp³-hybridized carbons (Fsp3) is 0.444. The van der Waals surface area contributed by atoms with Gasteiger partial charge >= 0.3 is 0 Å². The SMILES string of the molecule is CCCN(Cc1c(C)nn(-c2ccc(F)cc2)c1Oc1ccccc1F)C[C@@H](O)COC(C)(C)C. The predicted octanol–water partition coefficient (Wildman–Crippen LogP) is 5.64. The van der Waals surface area contributed by atoms with Crippen molar-refractivity contribution in [2.24, 2.45) is 0 Å². The molecule has 1 atom stereocenters. The highest BCUT2D eigenvalue weighted by molar-refractivity contribution is 5.43. The summed E-state index contributed by atoms with van der Waals surface area (Å²) in [4.78, 5) is 2.10. The molecule has 0 amide bonds. The van der Waals surface area contributed by atoms with E-state index in [0.717, 1.165) is 18.5 Å². The van der Waals surface area contributed by atoms with Gasteiger partial charge in [-0.05, 0) is 77.1 Å². The van der Waals surface area contributed by atoms with Gasteiger partial charge in [-0.3, -0.25) is 4.90 Å². The second-order valence-electron chi connectivity index (χ2n) is 9.60. The monoisotopic (exact) mass is 487 g/mol. The van der Waals surface area contributed by atoms with Gasteiger partial charge in [0.1, 0.15) is 5.82 Å². The molecule has 1 N–H and O–H groups in total. The van der Waals surface area contributed by atoms with Crippen molar-refractivity contribution in [2.45, 2.75) is 59.3 Å². The highest BCUT2D eigenvalue weighted by Crippen LogP contribution is 2.33. The number of hydrogen-bond donors (Lipinski definition) is 1. The summed E-state index contributed by atoms with van der Waals surface area (Å²) in [6, 6.07) is 12.0. The minimum atomic E-state index is -0.677. The molecular formula is C27H35F2N3O3. The molecule has 8 heteroatoms. The maximum Gasteiger partial charge on any atom is 0.227 e. The zero-order valence-electron chi connectivity index (χ0n) is 21.1. The molecule has 190 valence electrons. The van der Waals surface area contributed by atoms with Crippen LogP contribution in [0.3, 0.4) is 0 Å². The second kappa shape index (κ2) is 11.7. The molecule has 0 spiro atoms. The quantitative estimate of drug-likeness (QED) is 0.379. The zero-order chi connectivity index (χ0) is 25.6. The van der Waals surface area contributed by atoms with E-state index < -0.39 is 11.9 Å². The standard InChI is InChI=1S/C27H35F2N3O3/c1-6-15-31(16-22(33)18-34-27(3,4)5)17-23-19(2)30-32(21-13-11-20(28)12-14-21)26(23)35-25-10-8-7-9-24(25)29/h7-14,22,33H,6,15-18H2,1-5H3/t22-/m1/s1. The Kier molecular flexibility index (Phi) is 8.99. The van der Waals surface area contributed by atoms with Crippen molar-refractivity contribution in [3.8, 4) is 17.3 Å². The molecule has 35 heavy (non-hydrogen) atoms. The van der Waals surface area contributed by atoms with Crippen LogP contribution in [0.2, 0.25) is 0 Å². The maximum atomic E-state index is 14.5. The van der Waals surface area contributed by atoms with E-state index in [1.165, 1.54) is 18.2 Å². The van der Waals surface area contributed by atoms with Gasteiger partial charge in [0.25, 0.3) is 0 Å². The molecule has 0 aliphatic heterocycles. The average molecular weight is 488 g/mol. The molecule has 0 aliphatic rings. The predicted molar refractivity (Wildman–Crippen MR) is 132 cm³/mol. The summed E-state index contributed by atoms with van der Waals surface area (Å²) in [5, 5.41) is 15.2. The van der Waals surface area contributed by atoms with E-state index >= 15 is 0 Å². The molecule has 0 saturated carbocycles. The lowest BCUT2D eigenvalue weighted by Gasteiger charge is -2.27. The number of ether oxygens (including phenoxy) is 2. The summed E-state index contributed by atoms with van der Waals surface area (Å²) in [6.07, 6.45) is 0.200. The lowest BCUT2D eigenvalue weighted by atomic mass is 10.2. The molecular weight excluding hydrogens is 452 g/mol. The molecule has 1 heterocycles. The number of halogens is 2. The summed E-state index contributed by atoms with van der Waals surface area (Å²) >= 11 is 0. The first-order chi connectivity index (χ1) is 16.6. The first kappa shape index (κ1) is 26.8. The second-order valence-corrected chi connectivity index (χ2v) is 9.60. The van der Waals surface area contributed by atoms with Gasteiger partial charge in [0.05, 0.1) is 35.3 Å². The molecule has 0 radical (unpaired) electrons. The molecule has 2 aromatic carbocycles. The van der Waals surface area contributed by atoms with Crippen LogP contribution >= 0.6 is 0 Å². The summed E-state index contributed by atoms with van der Waals surface area (Å²) in [5.41, 5.74) is 1.70. The smallest absolute Gasteiger partial charge is 0.227 e. The average Bonchev–Trinajstić information content (AvgIpc) is 3.09. The Labute approximate surface area is 206 Å². The van der Waals surface area contributed by atoms with E-state index in [1.54, 1.807) is 35.0 Å². The number of hydrogen-bond acceptors (Lipinski definition) is 5. The molecule has 3 aromatic rings. The lowest BCUT2D eigenvalue weighted by molar-refractivity contribution is -0.0567. The Bertz CT molecular complexity index is 1090. The van der Waals surface area contributed by atoms with Gasteiger partial charge in [-0.25, -0.2) is 13.5 Å². The third-order valence-electron chi connectivity index (χ3n) is 5.35. The van der Waals surface area contributed by atoms with Crippen LogP contribution in [-0.4, -0.2) is 51.2 Å². The van der Waals surface area contributed by atoms with Gasteiger partial charge in [-0.1, -0.05) is 19.1 Å². The first-order valence-electron chi connectivity index (χ1n) is 11.9. The highest BCUT2D eigenvalue weighted by Gasteiger charge is 2.24. The zero-order valence-corrected chi connectivity index (χ0v) is 21.1. The van der Waals surface area contributed by atoms with E-state index in [1.807, 2.05) is 27.7 Å². The summed E-state index contributed by atoms with van der Waals surface area (Å²) in [6.45, 7) is 11.5. The van der Waals surface area contributed by atoms with Crippen LogP contribution in [0.1, 0.15) is 45.4 Å². The molecule has 6 nitrogen and oxygen atoms in total. The topological polar surface area (TPSA) is 59.8 Å². The van der Waals surface area contributed by atoms with Gasteiger partial charge in [-0.2, -0.15) is 5.10 Å². The molecule has 3 rings (SSSR count). The third-order valence-corrected chi connectivity index (χ3v) is 5.35. The van der Waals surface area contributed by atoms with Crippen LogP contribution in [-0.2, 0) is 11.3 Å². The Hall–Kier alpha value is -2.81. The van der Waals surface area contributed by atoms with Crippen molar-refractivity contribution in [1.29, 1.82) is 0 Å². The number of para-hydroxylation sites is 1. The van der Waals surface area contributed by atoms with Crippen molar-refractivity contribution in [3.63, 3.8) is 0 Å². The number of aryl methyl sites for hydroxylation is 1. The van der Waals surface area contributed by atoms with E-state index in [2.05, 4.69) is 16.9 Å². The Morgan fingerprint density at radius 1 is 1.09 bits per heavy atom. The van der Waals surface area contributed by atoms with Gasteiger partial charge in [-0.15, -0.1) is 0 Å². The molecule has 1 aromatic heterocycles. The van der Waals surface area contributed by atoms with Crippen molar-refractivity contribution in [3.05, 3.63) is 71.4 Å². The number of aliphatic hydroxyl groups is 1. The summed E-state index contributed by atoms with van der Waals surface area (Å²) < 4.78 is 41.4. The van der Waals surface area contributed by atoms with Crippen molar-refractivity contribution in [1.82, 2.24) is 14.7 Å². The van der Waals surface area contributed by atoms with Gasteiger partial charge in [0.15, 0.2) is 11.6 Å². The van der Waals surface area contributed by atoms with Crippen LogP contribution in [0.25, 0.3) is 5.69 Å². The van der Waals surface area contributed by atoms with Gasteiger partial charge in [0, 0.05) is 13.1 Å². The number of nitrogens with zero attached hydrogens (tertiary/aromatic N) is 3. The van der Waals surface area contributed by atoms with E-state index in [-0.39, 0.29) is 23.8 Å². The van der Waals surface area contributed by atoms with Crippen molar-refractivity contribution >= 4 is 0 Å². The number of benzene rings is 2. The minimum absolute atomic E-state index is 0.0673. The molecule has 0 unspecified atom stereocenters. The Balaban J connectivity index is 1.94. The van der Waals surface area contributed by atoms with E-state index in [0.29, 0.717) is 30.4 Å². The van der Waals surface area contributed by atoms with Gasteiger partial charge in [0.2, 0.25) is 5.88 Å². The Morgan fingerprint density at radius 2 is 1.77 bits per heavy atom. The molecule has 0 bridgehead atoms. The van der Waals surface area contributed by atoms with Gasteiger partial charge < -0.3 is 14.6 Å². The number of rotatable bonds is 11. The van der Waals surface area contributed by atoms with Crippen molar-refractivity contribution in [2.75, 3.05) is 19.7 Å². The largest absolute Gasteiger partial charge is 0.435 e. The molecule has 0 aliphatic carbocycles. The summed E-state index contributed by atoms with van der Waals surface area (Å²) in [7, 11) is 0. The molecule has 0 fully saturated rings. The Morgan fingerprint density at radius 3 is 2.40 bits per heavy atom. The van der Waals surface area contributed by atoms with E-state index in [4.69, 9.17) is 9.47 Å². The normalized spacial score (nSPS) is 12.8. The third kappa shape index (κ3) is 7.59. The van der Waals surface area contributed by atoms with Crippen LogP contribution in [0.4, 0.5) is 8.78 Å². The summed E-state index contributed by atoms with van der Waals surface area (Å²) in [5.74, 6) is -0.448. The van der Waals surface area contributed by atoms with Crippen LogP contribution in [0.5, 0.6) is 11.6 Å². The fourth-order valence-electron chi connectivity index (χ4n) is 3.69. The van der Waals surface area contributed by atoms with E-state index in [9.17, 15) is 13.9 Å². The maximum absolute atomic E-state index is 14.5. The molecule has 0 saturated heterocycles. The van der Waals surface area contributed by atoms with Crippen LogP contribution in [0.15, 0.2) is 48.5 Å². The lowest BCUT2D eigenvalue weighted by Crippen LogP contribution is -2.37.